The summed E-state index contributed by atoms with van der Waals surface area (Å²) in [5, 5.41) is 0. The molecule has 0 N–H and O–H groups in total. The fraction of sp³-hybridized carbons (Fsp3) is 0.0714. The largest absolute Gasteiger partial charge is 0.458 e. The number of carbonyl (C=O) groups is 2. The SMILES string of the molecule is O=C(/C=C/c1nc2ccccc2o1)OCc1ccc(COC(=O)/C=C/c2nc3ccccc3o2)cc1. The molecule has 0 saturated carbocycles. The third-order valence-corrected chi connectivity index (χ3v) is 5.13. The molecule has 0 aliphatic carbocycles. The van der Waals surface area contributed by atoms with Crippen molar-refractivity contribution < 1.29 is 27.9 Å². The quantitative estimate of drug-likeness (QED) is 0.212. The first-order valence-electron chi connectivity index (χ1n) is 11.1. The zero-order valence-electron chi connectivity index (χ0n) is 19.0. The van der Waals surface area contributed by atoms with Gasteiger partial charge in [-0.25, -0.2) is 19.6 Å². The molecule has 0 amide bonds. The molecule has 36 heavy (non-hydrogen) atoms. The van der Waals surface area contributed by atoms with Crippen LogP contribution in [0.5, 0.6) is 0 Å². The second-order valence-electron chi connectivity index (χ2n) is 7.74. The van der Waals surface area contributed by atoms with E-state index in [9.17, 15) is 9.59 Å². The van der Waals surface area contributed by atoms with Crippen LogP contribution >= 0.6 is 0 Å². The Morgan fingerprint density at radius 2 is 1.06 bits per heavy atom. The highest BCUT2D eigenvalue weighted by Crippen LogP contribution is 2.17. The first-order chi connectivity index (χ1) is 17.6. The lowest BCUT2D eigenvalue weighted by Gasteiger charge is -2.05. The predicted molar refractivity (Wildman–Crippen MR) is 132 cm³/mol. The van der Waals surface area contributed by atoms with E-state index in [1.54, 1.807) is 36.4 Å². The number of nitrogens with zero attached hydrogens (tertiary/aromatic N) is 2. The van der Waals surface area contributed by atoms with Gasteiger partial charge in [-0.2, -0.15) is 0 Å². The number of fused-ring (bicyclic) bond motifs is 2. The number of benzene rings is 3. The number of ether oxygens (including phenoxy) is 2. The molecule has 0 aliphatic heterocycles. The van der Waals surface area contributed by atoms with E-state index in [1.165, 1.54) is 24.3 Å². The Kier molecular flexibility index (Phi) is 6.66. The highest BCUT2D eigenvalue weighted by molar-refractivity contribution is 5.87. The minimum Gasteiger partial charge on any atom is -0.458 e. The third kappa shape index (κ3) is 5.74. The van der Waals surface area contributed by atoms with Crippen molar-refractivity contribution in [3.63, 3.8) is 0 Å². The molecule has 0 bridgehead atoms. The maximum absolute atomic E-state index is 12.0. The molecule has 0 aliphatic rings. The Bertz CT molecular complexity index is 1390. The van der Waals surface area contributed by atoms with Crippen LogP contribution in [0.25, 0.3) is 34.4 Å². The zero-order valence-corrected chi connectivity index (χ0v) is 19.0. The molecule has 0 unspecified atom stereocenters. The first-order valence-corrected chi connectivity index (χ1v) is 11.1. The van der Waals surface area contributed by atoms with Crippen LogP contribution in [0.4, 0.5) is 0 Å². The molecular weight excluding hydrogens is 460 g/mol. The molecular formula is C28H20N2O6. The molecule has 3 aromatic carbocycles. The van der Waals surface area contributed by atoms with Crippen molar-refractivity contribution in [2.24, 2.45) is 0 Å². The summed E-state index contributed by atoms with van der Waals surface area (Å²) in [6.07, 6.45) is 5.48. The smallest absolute Gasteiger partial charge is 0.331 e. The van der Waals surface area contributed by atoms with Gasteiger partial charge in [-0.15, -0.1) is 0 Å². The number of esters is 2. The van der Waals surface area contributed by atoms with Gasteiger partial charge in [-0.3, -0.25) is 0 Å². The first kappa shape index (κ1) is 22.8. The van der Waals surface area contributed by atoms with Gasteiger partial charge in [-0.1, -0.05) is 48.5 Å². The van der Waals surface area contributed by atoms with Crippen molar-refractivity contribution in [2.75, 3.05) is 0 Å². The van der Waals surface area contributed by atoms with Gasteiger partial charge in [0.05, 0.1) is 0 Å². The highest BCUT2D eigenvalue weighted by Gasteiger charge is 2.06. The Morgan fingerprint density at radius 3 is 1.47 bits per heavy atom. The van der Waals surface area contributed by atoms with Crippen LogP contribution < -0.4 is 0 Å². The Hall–Kier alpha value is -4.98. The van der Waals surface area contributed by atoms with E-state index < -0.39 is 11.9 Å². The van der Waals surface area contributed by atoms with Crippen LogP contribution in [-0.4, -0.2) is 21.9 Å². The van der Waals surface area contributed by atoms with Crippen molar-refractivity contribution >= 4 is 46.3 Å². The van der Waals surface area contributed by atoms with Gasteiger partial charge in [0.2, 0.25) is 11.8 Å². The second-order valence-corrected chi connectivity index (χ2v) is 7.74. The average molecular weight is 480 g/mol. The number of aromatic nitrogens is 2. The maximum Gasteiger partial charge on any atom is 0.331 e. The minimum absolute atomic E-state index is 0.101. The van der Waals surface area contributed by atoms with E-state index in [2.05, 4.69) is 9.97 Å². The van der Waals surface area contributed by atoms with Gasteiger partial charge in [-0.05, 0) is 35.4 Å². The van der Waals surface area contributed by atoms with Crippen LogP contribution in [0, 0.1) is 0 Å². The van der Waals surface area contributed by atoms with Crippen LogP contribution in [0.15, 0.2) is 93.8 Å². The molecule has 0 fully saturated rings. The molecule has 0 spiro atoms. The molecule has 0 radical (unpaired) electrons. The van der Waals surface area contributed by atoms with E-state index in [1.807, 2.05) is 36.4 Å². The molecule has 5 rings (SSSR count). The molecule has 8 nitrogen and oxygen atoms in total. The van der Waals surface area contributed by atoms with E-state index in [0.717, 1.165) is 22.2 Å². The van der Waals surface area contributed by atoms with Crippen LogP contribution in [0.1, 0.15) is 22.9 Å². The third-order valence-electron chi connectivity index (χ3n) is 5.13. The zero-order chi connectivity index (χ0) is 24.7. The van der Waals surface area contributed by atoms with Crippen molar-refractivity contribution in [1.82, 2.24) is 9.97 Å². The van der Waals surface area contributed by atoms with Crippen molar-refractivity contribution in [2.45, 2.75) is 13.2 Å². The van der Waals surface area contributed by atoms with Gasteiger partial charge < -0.3 is 18.3 Å². The Morgan fingerprint density at radius 1 is 0.639 bits per heavy atom. The molecule has 2 heterocycles. The Balaban J connectivity index is 1.07. The van der Waals surface area contributed by atoms with Crippen molar-refractivity contribution in [3.05, 3.63) is 108 Å². The molecule has 0 saturated heterocycles. The summed E-state index contributed by atoms with van der Waals surface area (Å²) >= 11 is 0. The van der Waals surface area contributed by atoms with Crippen molar-refractivity contribution in [3.8, 4) is 0 Å². The summed E-state index contributed by atoms with van der Waals surface area (Å²) in [4.78, 5) is 32.6. The lowest BCUT2D eigenvalue weighted by Crippen LogP contribution is -2.02. The number of hydrogen-bond acceptors (Lipinski definition) is 8. The van der Waals surface area contributed by atoms with Gasteiger partial charge in [0.15, 0.2) is 11.2 Å². The monoisotopic (exact) mass is 480 g/mol. The standard InChI is InChI=1S/C28H20N2O6/c31-27(15-13-25-29-21-5-1-3-7-23(21)35-25)33-17-19-9-11-20(12-10-19)18-34-28(32)16-14-26-30-22-6-2-4-8-24(22)36-26/h1-16H,17-18H2/b15-13+,16-14+. The van der Waals surface area contributed by atoms with Crippen LogP contribution in [0.2, 0.25) is 0 Å². The lowest BCUT2D eigenvalue weighted by molar-refractivity contribution is -0.139. The fourth-order valence-corrected chi connectivity index (χ4v) is 3.34. The average Bonchev–Trinajstić information content (AvgIpc) is 3.52. The molecule has 5 aromatic rings. The van der Waals surface area contributed by atoms with E-state index in [0.29, 0.717) is 22.9 Å². The maximum atomic E-state index is 12.0. The van der Waals surface area contributed by atoms with Gasteiger partial charge in [0.25, 0.3) is 0 Å². The summed E-state index contributed by atoms with van der Waals surface area (Å²) in [6, 6.07) is 21.9. The number of para-hydroxylation sites is 4. The van der Waals surface area contributed by atoms with E-state index in [4.69, 9.17) is 18.3 Å². The van der Waals surface area contributed by atoms with E-state index >= 15 is 0 Å². The molecule has 2 aromatic heterocycles. The van der Waals surface area contributed by atoms with Gasteiger partial charge >= 0.3 is 11.9 Å². The van der Waals surface area contributed by atoms with Gasteiger partial charge in [0, 0.05) is 24.3 Å². The summed E-state index contributed by atoms with van der Waals surface area (Å²) in [6.45, 7) is 0.202. The minimum atomic E-state index is -0.513. The fourth-order valence-electron chi connectivity index (χ4n) is 3.34. The highest BCUT2D eigenvalue weighted by atomic mass is 16.5. The number of carbonyl (C=O) groups excluding carboxylic acids is 2. The second kappa shape index (κ2) is 10.5. The van der Waals surface area contributed by atoms with Crippen LogP contribution in [-0.2, 0) is 32.3 Å². The normalized spacial score (nSPS) is 11.6. The topological polar surface area (TPSA) is 105 Å². The Labute approximate surface area is 205 Å². The molecule has 8 heteroatoms. The lowest BCUT2D eigenvalue weighted by atomic mass is 10.1. The van der Waals surface area contributed by atoms with Crippen molar-refractivity contribution in [1.29, 1.82) is 0 Å². The molecule has 178 valence electrons. The number of rotatable bonds is 8. The number of hydrogen-bond donors (Lipinski definition) is 0. The summed E-state index contributed by atoms with van der Waals surface area (Å²) < 4.78 is 21.6. The predicted octanol–water partition coefficient (Wildman–Crippen LogP) is 5.48. The van der Waals surface area contributed by atoms with E-state index in [-0.39, 0.29) is 13.2 Å². The summed E-state index contributed by atoms with van der Waals surface area (Å²) in [5.41, 5.74) is 4.33. The molecule has 0 atom stereocenters. The number of oxazole rings is 2. The summed E-state index contributed by atoms with van der Waals surface area (Å²) in [5.74, 6) is -0.367. The summed E-state index contributed by atoms with van der Waals surface area (Å²) in [7, 11) is 0. The van der Waals surface area contributed by atoms with Gasteiger partial charge in [0.1, 0.15) is 24.2 Å². The van der Waals surface area contributed by atoms with Crippen LogP contribution in [0.3, 0.4) is 0 Å².